The molecule has 0 N–H and O–H groups in total. The predicted molar refractivity (Wildman–Crippen MR) is 112 cm³/mol. The zero-order valence-electron chi connectivity index (χ0n) is 17.1. The molecule has 8 heteroatoms. The van der Waals surface area contributed by atoms with Crippen molar-refractivity contribution in [3.8, 4) is 11.4 Å². The minimum absolute atomic E-state index is 0.224. The second kappa shape index (κ2) is 9.49. The van der Waals surface area contributed by atoms with Crippen LogP contribution in [0.3, 0.4) is 0 Å². The first kappa shape index (κ1) is 20.0. The highest BCUT2D eigenvalue weighted by molar-refractivity contribution is 5.76. The number of hydrogen-bond donors (Lipinski definition) is 0. The second-order valence-electron chi connectivity index (χ2n) is 7.35. The SMILES string of the molecule is COc1ccc(-n2nnnc2CN2CCN(C(=O)CCc3ccccc3)CC2)cc1. The van der Waals surface area contributed by atoms with Gasteiger partial charge in [0.15, 0.2) is 5.82 Å². The van der Waals surface area contributed by atoms with Crippen LogP contribution in [0.15, 0.2) is 54.6 Å². The number of tetrazole rings is 1. The molecule has 0 spiro atoms. The third-order valence-corrected chi connectivity index (χ3v) is 5.41. The maximum absolute atomic E-state index is 12.5. The van der Waals surface area contributed by atoms with Gasteiger partial charge in [-0.25, -0.2) is 0 Å². The average Bonchev–Trinajstić information content (AvgIpc) is 3.27. The van der Waals surface area contributed by atoms with E-state index in [1.807, 2.05) is 47.4 Å². The number of aromatic nitrogens is 4. The molecule has 3 aromatic rings. The number of benzene rings is 2. The van der Waals surface area contributed by atoms with Crippen LogP contribution in [0.1, 0.15) is 17.8 Å². The first-order valence-electron chi connectivity index (χ1n) is 10.2. The molecule has 2 aromatic carbocycles. The molecule has 2 heterocycles. The van der Waals surface area contributed by atoms with E-state index in [2.05, 4.69) is 32.6 Å². The summed E-state index contributed by atoms with van der Waals surface area (Å²) in [5.74, 6) is 1.80. The monoisotopic (exact) mass is 406 g/mol. The molecule has 1 saturated heterocycles. The number of hydrogen-bond acceptors (Lipinski definition) is 6. The van der Waals surface area contributed by atoms with Crippen molar-refractivity contribution < 1.29 is 9.53 Å². The van der Waals surface area contributed by atoms with Gasteiger partial charge in [0.1, 0.15) is 5.75 Å². The highest BCUT2D eigenvalue weighted by Crippen LogP contribution is 2.16. The van der Waals surface area contributed by atoms with E-state index in [0.717, 1.165) is 49.9 Å². The summed E-state index contributed by atoms with van der Waals surface area (Å²) >= 11 is 0. The second-order valence-corrected chi connectivity index (χ2v) is 7.35. The van der Waals surface area contributed by atoms with Gasteiger partial charge in [0.25, 0.3) is 0 Å². The van der Waals surface area contributed by atoms with Crippen LogP contribution in [-0.2, 0) is 17.8 Å². The minimum atomic E-state index is 0.224. The van der Waals surface area contributed by atoms with E-state index in [1.165, 1.54) is 5.56 Å². The van der Waals surface area contributed by atoms with Crippen LogP contribution in [0, 0.1) is 0 Å². The van der Waals surface area contributed by atoms with E-state index in [-0.39, 0.29) is 5.91 Å². The van der Waals surface area contributed by atoms with Crippen LogP contribution >= 0.6 is 0 Å². The Hall–Kier alpha value is -3.26. The van der Waals surface area contributed by atoms with Gasteiger partial charge >= 0.3 is 0 Å². The third kappa shape index (κ3) is 4.83. The molecule has 1 aliphatic heterocycles. The Morgan fingerprint density at radius 1 is 1.00 bits per heavy atom. The number of carbonyl (C=O) groups is 1. The van der Waals surface area contributed by atoms with Crippen molar-refractivity contribution >= 4 is 5.91 Å². The van der Waals surface area contributed by atoms with Crippen LogP contribution in [-0.4, -0.2) is 69.2 Å². The van der Waals surface area contributed by atoms with E-state index in [1.54, 1.807) is 11.8 Å². The largest absolute Gasteiger partial charge is 0.497 e. The molecular formula is C22H26N6O2. The lowest BCUT2D eigenvalue weighted by Crippen LogP contribution is -2.48. The fourth-order valence-electron chi connectivity index (χ4n) is 3.64. The van der Waals surface area contributed by atoms with E-state index in [4.69, 9.17) is 4.74 Å². The van der Waals surface area contributed by atoms with E-state index < -0.39 is 0 Å². The number of rotatable bonds is 7. The highest BCUT2D eigenvalue weighted by atomic mass is 16.5. The third-order valence-electron chi connectivity index (χ3n) is 5.41. The van der Waals surface area contributed by atoms with Gasteiger partial charge in [0.05, 0.1) is 19.3 Å². The molecule has 1 amide bonds. The number of piperazine rings is 1. The van der Waals surface area contributed by atoms with Crippen molar-refractivity contribution in [2.24, 2.45) is 0 Å². The fourth-order valence-corrected chi connectivity index (χ4v) is 3.64. The van der Waals surface area contributed by atoms with Gasteiger partial charge in [0, 0.05) is 32.6 Å². The van der Waals surface area contributed by atoms with Gasteiger partial charge in [-0.15, -0.1) is 5.10 Å². The molecule has 1 fully saturated rings. The van der Waals surface area contributed by atoms with Crippen molar-refractivity contribution in [1.29, 1.82) is 0 Å². The molecule has 0 bridgehead atoms. The van der Waals surface area contributed by atoms with Crippen molar-refractivity contribution in [3.05, 3.63) is 66.0 Å². The van der Waals surface area contributed by atoms with Gasteiger partial charge < -0.3 is 9.64 Å². The molecule has 0 aliphatic carbocycles. The molecule has 156 valence electrons. The van der Waals surface area contributed by atoms with Gasteiger partial charge in [0.2, 0.25) is 5.91 Å². The molecule has 1 aromatic heterocycles. The van der Waals surface area contributed by atoms with Gasteiger partial charge in [-0.05, 0) is 46.7 Å². The molecule has 8 nitrogen and oxygen atoms in total. The summed E-state index contributed by atoms with van der Waals surface area (Å²) < 4.78 is 6.96. The minimum Gasteiger partial charge on any atom is -0.497 e. The summed E-state index contributed by atoms with van der Waals surface area (Å²) in [6.07, 6.45) is 1.34. The van der Waals surface area contributed by atoms with Crippen molar-refractivity contribution in [2.45, 2.75) is 19.4 Å². The Morgan fingerprint density at radius 2 is 1.73 bits per heavy atom. The van der Waals surface area contributed by atoms with Gasteiger partial charge in [-0.3, -0.25) is 9.69 Å². The Morgan fingerprint density at radius 3 is 2.43 bits per heavy atom. The highest BCUT2D eigenvalue weighted by Gasteiger charge is 2.22. The molecule has 0 atom stereocenters. The van der Waals surface area contributed by atoms with Gasteiger partial charge in [-0.2, -0.15) is 4.68 Å². The normalized spacial score (nSPS) is 14.6. The maximum Gasteiger partial charge on any atom is 0.222 e. The summed E-state index contributed by atoms with van der Waals surface area (Å²) in [4.78, 5) is 16.8. The summed E-state index contributed by atoms with van der Waals surface area (Å²) in [5.41, 5.74) is 2.10. The molecule has 1 aliphatic rings. The number of nitrogens with zero attached hydrogens (tertiary/aromatic N) is 6. The van der Waals surface area contributed by atoms with Crippen molar-refractivity contribution in [2.75, 3.05) is 33.3 Å². The van der Waals surface area contributed by atoms with Crippen molar-refractivity contribution in [3.63, 3.8) is 0 Å². The lowest BCUT2D eigenvalue weighted by atomic mass is 10.1. The zero-order valence-corrected chi connectivity index (χ0v) is 17.1. The topological polar surface area (TPSA) is 76.4 Å². The maximum atomic E-state index is 12.5. The first-order chi connectivity index (χ1) is 14.7. The molecule has 0 saturated carbocycles. The number of carbonyl (C=O) groups excluding carboxylic acids is 1. The molecular weight excluding hydrogens is 380 g/mol. The Balaban J connectivity index is 1.29. The predicted octanol–water partition coefficient (Wildman–Crippen LogP) is 1.95. The lowest BCUT2D eigenvalue weighted by Gasteiger charge is -2.34. The number of methoxy groups -OCH3 is 1. The smallest absolute Gasteiger partial charge is 0.222 e. The van der Waals surface area contributed by atoms with Gasteiger partial charge in [-0.1, -0.05) is 30.3 Å². The Kier molecular flexibility index (Phi) is 6.34. The first-order valence-corrected chi connectivity index (χ1v) is 10.2. The molecule has 4 rings (SSSR count). The van der Waals surface area contributed by atoms with E-state index in [0.29, 0.717) is 13.0 Å². The van der Waals surface area contributed by atoms with Crippen LogP contribution < -0.4 is 4.74 Å². The summed E-state index contributed by atoms with van der Waals surface area (Å²) in [5, 5.41) is 12.2. The molecule has 0 radical (unpaired) electrons. The van der Waals surface area contributed by atoms with Crippen LogP contribution in [0.4, 0.5) is 0 Å². The Labute approximate surface area is 176 Å². The average molecular weight is 406 g/mol. The number of aryl methyl sites for hydroxylation is 1. The quantitative estimate of drug-likeness (QED) is 0.597. The molecule has 0 unspecified atom stereocenters. The molecule has 30 heavy (non-hydrogen) atoms. The summed E-state index contributed by atoms with van der Waals surface area (Å²) in [6, 6.07) is 17.8. The summed E-state index contributed by atoms with van der Waals surface area (Å²) in [7, 11) is 1.64. The van der Waals surface area contributed by atoms with Crippen LogP contribution in [0.2, 0.25) is 0 Å². The number of amides is 1. The van der Waals surface area contributed by atoms with Crippen LogP contribution in [0.25, 0.3) is 5.69 Å². The van der Waals surface area contributed by atoms with Crippen molar-refractivity contribution in [1.82, 2.24) is 30.0 Å². The van der Waals surface area contributed by atoms with E-state index >= 15 is 0 Å². The fraction of sp³-hybridized carbons (Fsp3) is 0.364. The van der Waals surface area contributed by atoms with Crippen LogP contribution in [0.5, 0.6) is 5.75 Å². The Bertz CT molecular complexity index is 949. The van der Waals surface area contributed by atoms with E-state index in [9.17, 15) is 4.79 Å². The lowest BCUT2D eigenvalue weighted by molar-refractivity contribution is -0.133. The number of ether oxygens (including phenoxy) is 1. The summed E-state index contributed by atoms with van der Waals surface area (Å²) in [6.45, 7) is 3.74. The zero-order chi connectivity index (χ0) is 20.8. The standard InChI is InChI=1S/C22H26N6O2/c1-30-20-10-8-19(9-11-20)28-21(23-24-25-28)17-26-13-15-27(16-14-26)22(29)12-7-18-5-3-2-4-6-18/h2-6,8-11H,7,12-17H2,1H3.